The van der Waals surface area contributed by atoms with Crippen LogP contribution in [0.1, 0.15) is 0 Å². The quantitative estimate of drug-likeness (QED) is 0.787. The molecule has 0 atom stereocenters. The van der Waals surface area contributed by atoms with Crippen LogP contribution in [-0.4, -0.2) is 28.0 Å². The maximum absolute atomic E-state index is 13.1. The van der Waals surface area contributed by atoms with Crippen molar-refractivity contribution in [1.29, 1.82) is 0 Å². The number of ether oxygens (including phenoxy) is 2. The zero-order chi connectivity index (χ0) is 17.7. The lowest BCUT2D eigenvalue weighted by molar-refractivity contribution is -0.118. The van der Waals surface area contributed by atoms with Crippen LogP contribution < -0.4 is 14.8 Å². The number of carbonyl (C=O) groups is 1. The number of nitrogens with one attached hydrogen (secondary N) is 1. The third-order valence-corrected chi connectivity index (χ3v) is 3.94. The molecule has 0 aliphatic heterocycles. The molecular formula is C15H13ClFNO5S. The molecule has 0 aliphatic rings. The fourth-order valence-corrected chi connectivity index (χ4v) is 2.50. The van der Waals surface area contributed by atoms with Crippen molar-refractivity contribution < 1.29 is 26.6 Å². The highest BCUT2D eigenvalue weighted by molar-refractivity contribution is 7.86. The Morgan fingerprint density at radius 2 is 2.00 bits per heavy atom. The second-order valence-electron chi connectivity index (χ2n) is 4.59. The van der Waals surface area contributed by atoms with Gasteiger partial charge in [0.25, 0.3) is 5.91 Å². The molecule has 2 rings (SSSR count). The number of carbonyl (C=O) groups excluding carboxylic acids is 1. The van der Waals surface area contributed by atoms with Crippen LogP contribution in [0.5, 0.6) is 11.5 Å². The van der Waals surface area contributed by atoms with Crippen LogP contribution in [0.2, 0.25) is 5.02 Å². The lowest BCUT2D eigenvalue weighted by Gasteiger charge is -2.11. The third kappa shape index (κ3) is 4.84. The summed E-state index contributed by atoms with van der Waals surface area (Å²) in [4.78, 5) is 11.3. The van der Waals surface area contributed by atoms with Gasteiger partial charge in [0, 0.05) is 5.02 Å². The predicted molar refractivity (Wildman–Crippen MR) is 86.9 cm³/mol. The highest BCUT2D eigenvalue weighted by atomic mass is 35.5. The van der Waals surface area contributed by atoms with E-state index in [2.05, 4.69) is 5.32 Å². The first-order chi connectivity index (χ1) is 11.3. The van der Waals surface area contributed by atoms with Gasteiger partial charge in [-0.25, -0.2) is 0 Å². The fraction of sp³-hybridized carbons (Fsp3) is 0.133. The van der Waals surface area contributed by atoms with E-state index in [9.17, 15) is 17.1 Å². The smallest absolute Gasteiger partial charge is 0.332 e. The van der Waals surface area contributed by atoms with Crippen LogP contribution in [0.4, 0.5) is 9.57 Å². The van der Waals surface area contributed by atoms with Crippen LogP contribution in [0.15, 0.2) is 47.4 Å². The number of anilines is 1. The minimum atomic E-state index is -4.90. The van der Waals surface area contributed by atoms with E-state index in [0.29, 0.717) is 10.8 Å². The number of methoxy groups -OCH3 is 1. The molecule has 1 N–H and O–H groups in total. The summed E-state index contributed by atoms with van der Waals surface area (Å²) < 4.78 is 45.2. The molecule has 0 spiro atoms. The topological polar surface area (TPSA) is 81.7 Å². The predicted octanol–water partition coefficient (Wildman–Crippen LogP) is 3.02. The van der Waals surface area contributed by atoms with Crippen LogP contribution in [0.25, 0.3) is 0 Å². The second-order valence-corrected chi connectivity index (χ2v) is 6.38. The maximum Gasteiger partial charge on any atom is 0.332 e. The van der Waals surface area contributed by atoms with Gasteiger partial charge in [0.05, 0.1) is 12.8 Å². The van der Waals surface area contributed by atoms with Gasteiger partial charge >= 0.3 is 10.2 Å². The third-order valence-electron chi connectivity index (χ3n) is 2.89. The van der Waals surface area contributed by atoms with Crippen molar-refractivity contribution >= 4 is 33.4 Å². The molecule has 128 valence electrons. The molecule has 0 heterocycles. The molecule has 2 aromatic rings. The molecule has 0 radical (unpaired) electrons. The number of hydrogen-bond donors (Lipinski definition) is 1. The molecule has 6 nitrogen and oxygen atoms in total. The lowest BCUT2D eigenvalue weighted by Crippen LogP contribution is -2.20. The van der Waals surface area contributed by atoms with Crippen molar-refractivity contribution in [3.63, 3.8) is 0 Å². The Bertz CT molecular complexity index is 857. The largest absolute Gasteiger partial charge is 0.495 e. The summed E-state index contributed by atoms with van der Waals surface area (Å²) in [6, 6.07) is 9.70. The van der Waals surface area contributed by atoms with E-state index in [4.69, 9.17) is 21.1 Å². The summed E-state index contributed by atoms with van der Waals surface area (Å²) in [5.41, 5.74) is 0.0101. The second kappa shape index (κ2) is 7.50. The Balaban J connectivity index is 2.10. The van der Waals surface area contributed by atoms with Crippen LogP contribution in [0, 0.1) is 0 Å². The molecule has 1 amide bonds. The van der Waals surface area contributed by atoms with Crippen molar-refractivity contribution in [2.75, 3.05) is 19.0 Å². The summed E-state index contributed by atoms with van der Waals surface area (Å²) in [6.45, 7) is -0.351. The average Bonchev–Trinajstić information content (AvgIpc) is 2.52. The summed E-state index contributed by atoms with van der Waals surface area (Å²) in [7, 11) is -3.57. The van der Waals surface area contributed by atoms with E-state index in [1.54, 1.807) is 18.2 Å². The van der Waals surface area contributed by atoms with Gasteiger partial charge in [-0.1, -0.05) is 17.7 Å². The molecule has 0 fully saturated rings. The van der Waals surface area contributed by atoms with Gasteiger partial charge in [-0.15, -0.1) is 3.89 Å². The van der Waals surface area contributed by atoms with E-state index >= 15 is 0 Å². The van der Waals surface area contributed by atoms with Crippen molar-refractivity contribution in [2.45, 2.75) is 4.90 Å². The summed E-state index contributed by atoms with van der Waals surface area (Å²) in [6.07, 6.45) is 0. The molecule has 9 heteroatoms. The summed E-state index contributed by atoms with van der Waals surface area (Å²) in [5, 5.41) is 2.86. The zero-order valence-corrected chi connectivity index (χ0v) is 14.0. The van der Waals surface area contributed by atoms with Crippen molar-refractivity contribution in [3.8, 4) is 11.5 Å². The summed E-state index contributed by atoms with van der Waals surface area (Å²) in [5.74, 6) is -0.00936. The number of rotatable bonds is 6. The van der Waals surface area contributed by atoms with E-state index in [1.807, 2.05) is 0 Å². The molecule has 2 aromatic carbocycles. The molecule has 0 saturated carbocycles. The maximum atomic E-state index is 13.1. The minimum Gasteiger partial charge on any atom is -0.495 e. The first-order valence-corrected chi connectivity index (χ1v) is 8.36. The standard InChI is InChI=1S/C15H13ClFNO5S/c1-22-14-6-5-12(24(17,20)21)8-13(14)18-15(19)9-23-11-4-2-3-10(16)7-11/h2-8H,9H2,1H3,(H,18,19). The Kier molecular flexibility index (Phi) is 5.63. The number of amides is 1. The van der Waals surface area contributed by atoms with E-state index in [0.717, 1.165) is 12.1 Å². The molecule has 0 unspecified atom stereocenters. The Hall–Kier alpha value is -2.32. The highest BCUT2D eigenvalue weighted by Gasteiger charge is 2.16. The first kappa shape index (κ1) is 18.0. The molecule has 0 saturated heterocycles. The minimum absolute atomic E-state index is 0.0101. The van der Waals surface area contributed by atoms with Gasteiger partial charge < -0.3 is 14.8 Å². The monoisotopic (exact) mass is 373 g/mol. The van der Waals surface area contributed by atoms with Crippen molar-refractivity contribution in [3.05, 3.63) is 47.5 Å². The van der Waals surface area contributed by atoms with Gasteiger partial charge in [-0.05, 0) is 36.4 Å². The van der Waals surface area contributed by atoms with Gasteiger partial charge in [0.2, 0.25) is 0 Å². The zero-order valence-electron chi connectivity index (χ0n) is 12.5. The molecular weight excluding hydrogens is 361 g/mol. The Morgan fingerprint density at radius 1 is 1.25 bits per heavy atom. The highest BCUT2D eigenvalue weighted by Crippen LogP contribution is 2.28. The van der Waals surface area contributed by atoms with Crippen LogP contribution in [-0.2, 0) is 15.0 Å². The van der Waals surface area contributed by atoms with Crippen molar-refractivity contribution in [2.24, 2.45) is 0 Å². The lowest BCUT2D eigenvalue weighted by atomic mass is 10.3. The molecule has 0 aliphatic carbocycles. The first-order valence-electron chi connectivity index (χ1n) is 6.60. The Morgan fingerprint density at radius 3 is 2.62 bits per heavy atom. The summed E-state index contributed by atoms with van der Waals surface area (Å²) >= 11 is 5.80. The van der Waals surface area contributed by atoms with Gasteiger partial charge in [-0.3, -0.25) is 4.79 Å². The van der Waals surface area contributed by atoms with E-state index in [1.165, 1.54) is 19.2 Å². The van der Waals surface area contributed by atoms with Crippen molar-refractivity contribution in [1.82, 2.24) is 0 Å². The van der Waals surface area contributed by atoms with E-state index in [-0.39, 0.29) is 18.0 Å². The SMILES string of the molecule is COc1ccc(S(=O)(=O)F)cc1NC(=O)COc1cccc(Cl)c1. The number of hydrogen-bond acceptors (Lipinski definition) is 5. The van der Waals surface area contributed by atoms with E-state index < -0.39 is 21.0 Å². The van der Waals surface area contributed by atoms with Gasteiger partial charge in [-0.2, -0.15) is 8.42 Å². The molecule has 0 bridgehead atoms. The Labute approximate surface area is 143 Å². The molecule has 24 heavy (non-hydrogen) atoms. The average molecular weight is 374 g/mol. The number of halogens is 2. The van der Waals surface area contributed by atoms with Gasteiger partial charge in [0.1, 0.15) is 16.4 Å². The van der Waals surface area contributed by atoms with Gasteiger partial charge in [0.15, 0.2) is 6.61 Å². The fourth-order valence-electron chi connectivity index (χ4n) is 1.83. The number of benzene rings is 2. The van der Waals surface area contributed by atoms with Crippen LogP contribution >= 0.6 is 11.6 Å². The normalized spacial score (nSPS) is 11.0. The molecule has 0 aromatic heterocycles. The van der Waals surface area contributed by atoms with Crippen LogP contribution in [0.3, 0.4) is 0 Å².